The van der Waals surface area contributed by atoms with E-state index in [0.29, 0.717) is 40.9 Å². The van der Waals surface area contributed by atoms with E-state index in [-0.39, 0.29) is 24.8 Å². The van der Waals surface area contributed by atoms with Gasteiger partial charge in [0.25, 0.3) is 0 Å². The predicted molar refractivity (Wildman–Crippen MR) is 98.4 cm³/mol. The first-order valence-electron chi connectivity index (χ1n) is 8.80. The molecule has 0 spiro atoms. The van der Waals surface area contributed by atoms with Gasteiger partial charge in [-0.1, -0.05) is 17.7 Å². The average molecular weight is 431 g/mol. The number of rotatable bonds is 6. The van der Waals surface area contributed by atoms with Gasteiger partial charge in [0.1, 0.15) is 0 Å². The number of amides is 1. The van der Waals surface area contributed by atoms with Crippen molar-refractivity contribution in [1.29, 1.82) is 0 Å². The first-order chi connectivity index (χ1) is 13.8. The molecular formula is C19H18ClF3N2O4. The van der Waals surface area contributed by atoms with Gasteiger partial charge in [-0.2, -0.15) is 13.2 Å². The summed E-state index contributed by atoms with van der Waals surface area (Å²) in [6.07, 6.45) is -2.43. The van der Waals surface area contributed by atoms with Crippen molar-refractivity contribution in [2.24, 2.45) is 0 Å². The van der Waals surface area contributed by atoms with E-state index in [0.717, 1.165) is 6.42 Å². The number of alkyl halides is 3. The molecule has 0 unspecified atom stereocenters. The maximum atomic E-state index is 12.4. The molecule has 1 amide bonds. The molecule has 2 aromatic rings. The van der Waals surface area contributed by atoms with E-state index in [9.17, 15) is 18.0 Å². The standard InChI is InChI=1S/C19H18ClF3N2O4/c20-14-7-12(8-15-17(14)28-6-2-5-27-15)9-16(26)25-10-13-3-1-4-24-18(13)29-11-19(21,22)23/h1,3-4,7-8H,2,5-6,9-11H2,(H,25,26). The third-order valence-electron chi connectivity index (χ3n) is 3.93. The zero-order valence-electron chi connectivity index (χ0n) is 15.2. The summed E-state index contributed by atoms with van der Waals surface area (Å²) >= 11 is 6.22. The Morgan fingerprint density at radius 2 is 2.07 bits per heavy atom. The fraction of sp³-hybridized carbons (Fsp3) is 0.368. The average Bonchev–Trinajstić information content (AvgIpc) is 2.90. The molecule has 0 bridgehead atoms. The molecule has 1 N–H and O–H groups in total. The van der Waals surface area contributed by atoms with Crippen molar-refractivity contribution in [3.05, 3.63) is 46.6 Å². The van der Waals surface area contributed by atoms with Crippen LogP contribution in [0.5, 0.6) is 17.4 Å². The number of carbonyl (C=O) groups excluding carboxylic acids is 1. The third kappa shape index (κ3) is 6.15. The zero-order valence-corrected chi connectivity index (χ0v) is 16.0. The van der Waals surface area contributed by atoms with Crippen LogP contribution in [0.4, 0.5) is 13.2 Å². The number of ether oxygens (including phenoxy) is 3. The van der Waals surface area contributed by atoms with Crippen molar-refractivity contribution in [2.45, 2.75) is 25.6 Å². The topological polar surface area (TPSA) is 69.7 Å². The number of hydrogen-bond acceptors (Lipinski definition) is 5. The molecule has 10 heteroatoms. The maximum Gasteiger partial charge on any atom is 0.422 e. The molecule has 156 valence electrons. The van der Waals surface area contributed by atoms with Crippen LogP contribution in [0.1, 0.15) is 17.5 Å². The number of halogens is 4. The molecule has 0 radical (unpaired) electrons. The van der Waals surface area contributed by atoms with E-state index in [4.69, 9.17) is 25.8 Å². The Labute approximate surface area is 169 Å². The monoisotopic (exact) mass is 430 g/mol. The molecule has 29 heavy (non-hydrogen) atoms. The van der Waals surface area contributed by atoms with Gasteiger partial charge in [0, 0.05) is 24.7 Å². The fourth-order valence-corrected chi connectivity index (χ4v) is 2.95. The second-order valence-corrected chi connectivity index (χ2v) is 6.69. The van der Waals surface area contributed by atoms with Crippen LogP contribution >= 0.6 is 11.6 Å². The van der Waals surface area contributed by atoms with Gasteiger partial charge in [-0.15, -0.1) is 0 Å². The van der Waals surface area contributed by atoms with E-state index < -0.39 is 12.8 Å². The first kappa shape index (κ1) is 21.0. The third-order valence-corrected chi connectivity index (χ3v) is 4.21. The Morgan fingerprint density at radius 3 is 2.86 bits per heavy atom. The smallest absolute Gasteiger partial charge is 0.422 e. The van der Waals surface area contributed by atoms with Crippen LogP contribution in [0.2, 0.25) is 5.02 Å². The SMILES string of the molecule is O=C(Cc1cc(Cl)c2c(c1)OCCCO2)NCc1cccnc1OCC(F)(F)F. The van der Waals surface area contributed by atoms with Crippen molar-refractivity contribution < 1.29 is 32.2 Å². The van der Waals surface area contributed by atoms with Crippen molar-refractivity contribution in [1.82, 2.24) is 10.3 Å². The molecule has 0 saturated heterocycles. The predicted octanol–water partition coefficient (Wildman–Crippen LogP) is 3.70. The zero-order chi connectivity index (χ0) is 20.9. The van der Waals surface area contributed by atoms with Crippen LogP contribution in [0, 0.1) is 0 Å². The minimum absolute atomic E-state index is 0.00929. The molecule has 0 aliphatic carbocycles. The summed E-state index contributed by atoms with van der Waals surface area (Å²) < 4.78 is 52.9. The summed E-state index contributed by atoms with van der Waals surface area (Å²) in [5, 5.41) is 2.99. The first-order valence-corrected chi connectivity index (χ1v) is 9.18. The number of pyridine rings is 1. The number of nitrogens with zero attached hydrogens (tertiary/aromatic N) is 1. The van der Waals surface area contributed by atoms with E-state index >= 15 is 0 Å². The Balaban J connectivity index is 1.61. The maximum absolute atomic E-state index is 12.4. The molecule has 1 aliphatic rings. The van der Waals surface area contributed by atoms with Crippen LogP contribution < -0.4 is 19.5 Å². The highest BCUT2D eigenvalue weighted by Crippen LogP contribution is 2.38. The lowest BCUT2D eigenvalue weighted by atomic mass is 10.1. The lowest BCUT2D eigenvalue weighted by Crippen LogP contribution is -2.26. The number of aromatic nitrogens is 1. The highest BCUT2D eigenvalue weighted by Gasteiger charge is 2.29. The fourth-order valence-electron chi connectivity index (χ4n) is 2.67. The Morgan fingerprint density at radius 1 is 1.28 bits per heavy atom. The Kier molecular flexibility index (Phi) is 6.68. The Hall–Kier alpha value is -2.68. The van der Waals surface area contributed by atoms with Crippen LogP contribution in [-0.4, -0.2) is 36.9 Å². The minimum atomic E-state index is -4.48. The summed E-state index contributed by atoms with van der Waals surface area (Å²) in [6.45, 7) is -0.504. The van der Waals surface area contributed by atoms with E-state index in [2.05, 4.69) is 10.3 Å². The lowest BCUT2D eigenvalue weighted by molar-refractivity contribution is -0.154. The summed E-state index contributed by atoms with van der Waals surface area (Å²) in [4.78, 5) is 16.1. The summed E-state index contributed by atoms with van der Waals surface area (Å²) in [5.74, 6) is 0.410. The van der Waals surface area contributed by atoms with Gasteiger partial charge in [-0.05, 0) is 23.8 Å². The molecule has 1 aromatic heterocycles. The van der Waals surface area contributed by atoms with Crippen molar-refractivity contribution in [3.8, 4) is 17.4 Å². The van der Waals surface area contributed by atoms with Crippen molar-refractivity contribution in [2.75, 3.05) is 19.8 Å². The van der Waals surface area contributed by atoms with Crippen molar-refractivity contribution >= 4 is 17.5 Å². The van der Waals surface area contributed by atoms with Gasteiger partial charge >= 0.3 is 6.18 Å². The number of fused-ring (bicyclic) bond motifs is 1. The van der Waals surface area contributed by atoms with Crippen LogP contribution in [0.25, 0.3) is 0 Å². The minimum Gasteiger partial charge on any atom is -0.489 e. The van der Waals surface area contributed by atoms with Gasteiger partial charge in [-0.3, -0.25) is 4.79 Å². The second kappa shape index (κ2) is 9.21. The summed E-state index contributed by atoms with van der Waals surface area (Å²) in [5.41, 5.74) is 0.957. The van der Waals surface area contributed by atoms with Crippen LogP contribution in [0.15, 0.2) is 30.5 Å². The summed E-state index contributed by atoms with van der Waals surface area (Å²) in [7, 11) is 0. The molecule has 0 saturated carbocycles. The van der Waals surface area contributed by atoms with E-state index in [1.807, 2.05) is 0 Å². The molecule has 6 nitrogen and oxygen atoms in total. The van der Waals surface area contributed by atoms with Gasteiger partial charge in [-0.25, -0.2) is 4.98 Å². The molecular weight excluding hydrogens is 413 g/mol. The summed E-state index contributed by atoms with van der Waals surface area (Å²) in [6, 6.07) is 6.39. The van der Waals surface area contributed by atoms with Gasteiger partial charge in [0.05, 0.1) is 24.7 Å². The normalized spacial score (nSPS) is 13.5. The molecule has 1 aromatic carbocycles. The van der Waals surface area contributed by atoms with E-state index in [1.54, 1.807) is 18.2 Å². The Bertz CT molecular complexity index is 877. The van der Waals surface area contributed by atoms with Gasteiger partial charge in [0.15, 0.2) is 18.1 Å². The molecule has 2 heterocycles. The second-order valence-electron chi connectivity index (χ2n) is 6.28. The molecule has 0 fully saturated rings. The van der Waals surface area contributed by atoms with Crippen LogP contribution in [0.3, 0.4) is 0 Å². The molecule has 1 aliphatic heterocycles. The van der Waals surface area contributed by atoms with Gasteiger partial charge in [0.2, 0.25) is 11.8 Å². The van der Waals surface area contributed by atoms with Crippen molar-refractivity contribution in [3.63, 3.8) is 0 Å². The lowest BCUT2D eigenvalue weighted by Gasteiger charge is -2.13. The largest absolute Gasteiger partial charge is 0.489 e. The van der Waals surface area contributed by atoms with Crippen LogP contribution in [-0.2, 0) is 17.8 Å². The highest BCUT2D eigenvalue weighted by atomic mass is 35.5. The quantitative estimate of drug-likeness (QED) is 0.756. The van der Waals surface area contributed by atoms with E-state index in [1.165, 1.54) is 12.3 Å². The highest BCUT2D eigenvalue weighted by molar-refractivity contribution is 6.32. The number of benzene rings is 1. The number of carbonyl (C=O) groups is 1. The number of nitrogens with one attached hydrogen (secondary N) is 1. The molecule has 0 atom stereocenters. The number of hydrogen-bond donors (Lipinski definition) is 1. The molecule has 3 rings (SSSR count). The van der Waals surface area contributed by atoms with Gasteiger partial charge < -0.3 is 19.5 Å².